The van der Waals surface area contributed by atoms with Gasteiger partial charge in [-0.15, -0.1) is 11.6 Å². The van der Waals surface area contributed by atoms with Gasteiger partial charge >= 0.3 is 0 Å². The highest BCUT2D eigenvalue weighted by Gasteiger charge is 2.21. The highest BCUT2D eigenvalue weighted by Crippen LogP contribution is 2.26. The third kappa shape index (κ3) is 2.02. The van der Waals surface area contributed by atoms with Crippen LogP contribution in [-0.2, 0) is 19.3 Å². The molecular weight excluding hydrogens is 276 g/mol. The van der Waals surface area contributed by atoms with Crippen molar-refractivity contribution in [2.24, 2.45) is 7.05 Å². The van der Waals surface area contributed by atoms with Crippen molar-refractivity contribution in [1.29, 1.82) is 0 Å². The highest BCUT2D eigenvalue weighted by atomic mass is 35.5. The fourth-order valence-electron chi connectivity index (χ4n) is 2.71. The Balaban J connectivity index is 2.08. The van der Waals surface area contributed by atoms with Gasteiger partial charge in [-0.25, -0.2) is 4.98 Å². The third-order valence-corrected chi connectivity index (χ3v) is 3.78. The standard InChI is InChI=1S/C14H17ClN4O/c1-9(7-11-5-4-6-20-11)19-12(8-15)16-13-10(2)17-18(3)14(13)19/h4-6,9H,7-8H2,1-3H3. The maximum Gasteiger partial charge on any atom is 0.158 e. The molecule has 0 bridgehead atoms. The lowest BCUT2D eigenvalue weighted by atomic mass is 10.2. The Morgan fingerprint density at radius 3 is 2.90 bits per heavy atom. The Labute approximate surface area is 122 Å². The van der Waals surface area contributed by atoms with Crippen molar-refractivity contribution >= 4 is 22.8 Å². The van der Waals surface area contributed by atoms with Crippen molar-refractivity contribution in [3.05, 3.63) is 35.7 Å². The molecule has 0 aliphatic carbocycles. The molecule has 0 saturated heterocycles. The number of nitrogens with zero attached hydrogens (tertiary/aromatic N) is 4. The van der Waals surface area contributed by atoms with Crippen LogP contribution in [0.1, 0.15) is 30.2 Å². The molecule has 20 heavy (non-hydrogen) atoms. The monoisotopic (exact) mass is 292 g/mol. The molecule has 6 heteroatoms. The molecule has 3 aromatic heterocycles. The van der Waals surface area contributed by atoms with Crippen LogP contribution in [0.15, 0.2) is 22.8 Å². The summed E-state index contributed by atoms with van der Waals surface area (Å²) in [4.78, 5) is 4.62. The van der Waals surface area contributed by atoms with Crippen molar-refractivity contribution in [1.82, 2.24) is 19.3 Å². The van der Waals surface area contributed by atoms with Crippen molar-refractivity contribution in [2.75, 3.05) is 0 Å². The second-order valence-corrected chi connectivity index (χ2v) is 5.31. The van der Waals surface area contributed by atoms with Crippen LogP contribution >= 0.6 is 11.6 Å². The van der Waals surface area contributed by atoms with Crippen LogP contribution in [0, 0.1) is 6.92 Å². The second-order valence-electron chi connectivity index (χ2n) is 5.05. The molecule has 5 nitrogen and oxygen atoms in total. The van der Waals surface area contributed by atoms with Gasteiger partial charge in [0.25, 0.3) is 0 Å². The van der Waals surface area contributed by atoms with Gasteiger partial charge in [0.15, 0.2) is 5.65 Å². The van der Waals surface area contributed by atoms with Gasteiger partial charge in [0.05, 0.1) is 17.8 Å². The van der Waals surface area contributed by atoms with Gasteiger partial charge in [-0.05, 0) is 26.0 Å². The lowest BCUT2D eigenvalue weighted by Crippen LogP contribution is -2.13. The number of hydrogen-bond acceptors (Lipinski definition) is 3. The summed E-state index contributed by atoms with van der Waals surface area (Å²) in [6.45, 7) is 4.11. The molecule has 1 unspecified atom stereocenters. The molecule has 0 aliphatic rings. The lowest BCUT2D eigenvalue weighted by molar-refractivity contribution is 0.445. The van der Waals surface area contributed by atoms with E-state index in [4.69, 9.17) is 16.0 Å². The van der Waals surface area contributed by atoms with Crippen LogP contribution in [0.3, 0.4) is 0 Å². The summed E-state index contributed by atoms with van der Waals surface area (Å²) in [7, 11) is 1.94. The minimum Gasteiger partial charge on any atom is -0.469 e. The van der Waals surface area contributed by atoms with E-state index in [1.807, 2.05) is 30.8 Å². The SMILES string of the molecule is Cc1nn(C)c2c1nc(CCl)n2C(C)Cc1ccco1. The zero-order chi connectivity index (χ0) is 14.3. The lowest BCUT2D eigenvalue weighted by Gasteiger charge is -2.16. The molecular formula is C14H17ClN4O. The van der Waals surface area contributed by atoms with Gasteiger partial charge in [0.1, 0.15) is 17.1 Å². The zero-order valence-corrected chi connectivity index (χ0v) is 12.6. The van der Waals surface area contributed by atoms with Crippen molar-refractivity contribution in [3.8, 4) is 0 Å². The van der Waals surface area contributed by atoms with Crippen LogP contribution < -0.4 is 0 Å². The first-order chi connectivity index (χ1) is 9.61. The summed E-state index contributed by atoms with van der Waals surface area (Å²) in [6, 6.07) is 4.09. The number of furan rings is 1. The van der Waals surface area contributed by atoms with Crippen LogP contribution in [0.4, 0.5) is 0 Å². The number of imidazole rings is 1. The number of fused-ring (bicyclic) bond motifs is 1. The minimum atomic E-state index is 0.203. The minimum absolute atomic E-state index is 0.203. The number of aryl methyl sites for hydroxylation is 2. The Morgan fingerprint density at radius 2 is 2.25 bits per heavy atom. The quantitative estimate of drug-likeness (QED) is 0.694. The summed E-state index contributed by atoms with van der Waals surface area (Å²) >= 11 is 6.05. The maximum atomic E-state index is 6.05. The van der Waals surface area contributed by atoms with E-state index in [1.165, 1.54) is 0 Å². The van der Waals surface area contributed by atoms with E-state index in [2.05, 4.69) is 21.6 Å². The highest BCUT2D eigenvalue weighted by molar-refractivity contribution is 6.16. The molecule has 0 radical (unpaired) electrons. The molecule has 1 atom stereocenters. The van der Waals surface area contributed by atoms with Gasteiger partial charge in [-0.3, -0.25) is 4.68 Å². The first-order valence-corrected chi connectivity index (χ1v) is 7.14. The van der Waals surface area contributed by atoms with Crippen molar-refractivity contribution in [2.45, 2.75) is 32.2 Å². The van der Waals surface area contributed by atoms with E-state index in [1.54, 1.807) is 6.26 Å². The summed E-state index contributed by atoms with van der Waals surface area (Å²) in [6.07, 6.45) is 2.49. The smallest absolute Gasteiger partial charge is 0.158 e. The first-order valence-electron chi connectivity index (χ1n) is 6.60. The first kappa shape index (κ1) is 13.2. The van der Waals surface area contributed by atoms with E-state index < -0.39 is 0 Å². The zero-order valence-electron chi connectivity index (χ0n) is 11.8. The summed E-state index contributed by atoms with van der Waals surface area (Å²) in [5.41, 5.74) is 2.87. The fraction of sp³-hybridized carbons (Fsp3) is 0.429. The van der Waals surface area contributed by atoms with Crippen LogP contribution in [-0.4, -0.2) is 19.3 Å². The molecule has 3 heterocycles. The normalized spacial score (nSPS) is 13.2. The average molecular weight is 293 g/mol. The van der Waals surface area contributed by atoms with Crippen LogP contribution in [0.2, 0.25) is 0 Å². The van der Waals surface area contributed by atoms with Crippen molar-refractivity contribution < 1.29 is 4.42 Å². The van der Waals surface area contributed by atoms with Gasteiger partial charge in [0.2, 0.25) is 0 Å². The van der Waals surface area contributed by atoms with Gasteiger partial charge in [-0.1, -0.05) is 0 Å². The molecule has 0 amide bonds. The van der Waals surface area contributed by atoms with Crippen LogP contribution in [0.25, 0.3) is 11.2 Å². The predicted octanol–water partition coefficient (Wildman–Crippen LogP) is 3.21. The van der Waals surface area contributed by atoms with E-state index in [9.17, 15) is 0 Å². The molecule has 0 aliphatic heterocycles. The predicted molar refractivity (Wildman–Crippen MR) is 77.9 cm³/mol. The number of aromatic nitrogens is 4. The van der Waals surface area contributed by atoms with Crippen molar-refractivity contribution in [3.63, 3.8) is 0 Å². The fourth-order valence-corrected chi connectivity index (χ4v) is 2.90. The van der Waals surface area contributed by atoms with E-state index >= 15 is 0 Å². The number of halogens is 1. The van der Waals surface area contributed by atoms with E-state index in [0.717, 1.165) is 34.9 Å². The molecule has 0 aromatic carbocycles. The number of rotatable bonds is 4. The second kappa shape index (κ2) is 4.98. The molecule has 0 spiro atoms. The molecule has 0 N–H and O–H groups in total. The summed E-state index contributed by atoms with van der Waals surface area (Å²) in [5.74, 6) is 2.21. The number of alkyl halides is 1. The Hall–Kier alpha value is -1.75. The molecule has 0 fully saturated rings. The topological polar surface area (TPSA) is 48.8 Å². The van der Waals surface area contributed by atoms with Crippen LogP contribution in [0.5, 0.6) is 0 Å². The number of hydrogen-bond donors (Lipinski definition) is 0. The average Bonchev–Trinajstić information content (AvgIpc) is 3.08. The molecule has 106 valence electrons. The Bertz CT molecular complexity index is 726. The molecule has 0 saturated carbocycles. The Kier molecular flexibility index (Phi) is 3.30. The largest absolute Gasteiger partial charge is 0.469 e. The van der Waals surface area contributed by atoms with E-state index in [-0.39, 0.29) is 6.04 Å². The Morgan fingerprint density at radius 1 is 1.45 bits per heavy atom. The molecule has 3 aromatic rings. The van der Waals surface area contributed by atoms with Gasteiger partial charge in [-0.2, -0.15) is 5.10 Å². The maximum absolute atomic E-state index is 6.05. The summed E-state index contributed by atoms with van der Waals surface area (Å²) in [5, 5.41) is 4.43. The van der Waals surface area contributed by atoms with Gasteiger partial charge in [0, 0.05) is 19.5 Å². The molecule has 3 rings (SSSR count). The van der Waals surface area contributed by atoms with E-state index in [0.29, 0.717) is 5.88 Å². The summed E-state index contributed by atoms with van der Waals surface area (Å²) < 4.78 is 9.46. The third-order valence-electron chi connectivity index (χ3n) is 3.55. The van der Waals surface area contributed by atoms with Gasteiger partial charge < -0.3 is 8.98 Å².